The molecule has 0 aliphatic carbocycles. The summed E-state index contributed by atoms with van der Waals surface area (Å²) in [7, 11) is 3.46. The largest absolute Gasteiger partial charge is 0.497 e. The molecule has 0 radical (unpaired) electrons. The van der Waals surface area contributed by atoms with Crippen molar-refractivity contribution in [1.82, 2.24) is 10.2 Å². The van der Waals surface area contributed by atoms with E-state index in [2.05, 4.69) is 22.3 Å². The zero-order chi connectivity index (χ0) is 14.9. The molecule has 1 aliphatic heterocycles. The van der Waals surface area contributed by atoms with Gasteiger partial charge in [-0.3, -0.25) is 4.90 Å². The number of ether oxygens (including phenoxy) is 2. The van der Waals surface area contributed by atoms with Crippen LogP contribution in [0.4, 0.5) is 0 Å². The van der Waals surface area contributed by atoms with Gasteiger partial charge in [-0.05, 0) is 49.5 Å². The van der Waals surface area contributed by atoms with Crippen LogP contribution >= 0.6 is 0 Å². The molecule has 1 saturated heterocycles. The molecular weight excluding hydrogens is 264 g/mol. The second kappa shape index (κ2) is 9.03. The lowest BCUT2D eigenvalue weighted by Crippen LogP contribution is -2.39. The van der Waals surface area contributed by atoms with Crippen molar-refractivity contribution in [3.8, 4) is 5.75 Å². The second-order valence-electron chi connectivity index (χ2n) is 5.79. The summed E-state index contributed by atoms with van der Waals surface area (Å²) in [5, 5.41) is 3.49. The van der Waals surface area contributed by atoms with Crippen LogP contribution in [-0.4, -0.2) is 51.9 Å². The molecule has 0 amide bonds. The van der Waals surface area contributed by atoms with Gasteiger partial charge in [-0.25, -0.2) is 0 Å². The Morgan fingerprint density at radius 2 is 2.05 bits per heavy atom. The van der Waals surface area contributed by atoms with Gasteiger partial charge >= 0.3 is 0 Å². The molecule has 4 nitrogen and oxygen atoms in total. The van der Waals surface area contributed by atoms with Crippen LogP contribution in [-0.2, 0) is 11.3 Å². The highest BCUT2D eigenvalue weighted by molar-refractivity contribution is 5.27. The third-order valence-corrected chi connectivity index (χ3v) is 4.08. The van der Waals surface area contributed by atoms with E-state index in [-0.39, 0.29) is 0 Å². The van der Waals surface area contributed by atoms with Gasteiger partial charge in [0.2, 0.25) is 0 Å². The zero-order valence-corrected chi connectivity index (χ0v) is 13.3. The van der Waals surface area contributed by atoms with E-state index in [0.29, 0.717) is 0 Å². The summed E-state index contributed by atoms with van der Waals surface area (Å²) in [6.45, 7) is 6.28. The van der Waals surface area contributed by atoms with Gasteiger partial charge < -0.3 is 14.8 Å². The first-order chi connectivity index (χ1) is 10.3. The number of methoxy groups -OCH3 is 2. The SMILES string of the molecule is COCCNCC1CCCN(Cc2ccc(OC)cc2)C1. The van der Waals surface area contributed by atoms with Gasteiger partial charge in [0.1, 0.15) is 5.75 Å². The van der Waals surface area contributed by atoms with Crippen molar-refractivity contribution in [3.05, 3.63) is 29.8 Å². The average Bonchev–Trinajstić information content (AvgIpc) is 2.53. The Morgan fingerprint density at radius 3 is 2.76 bits per heavy atom. The van der Waals surface area contributed by atoms with Crippen molar-refractivity contribution in [2.75, 3.05) is 47.0 Å². The molecule has 118 valence electrons. The lowest BCUT2D eigenvalue weighted by molar-refractivity contribution is 0.159. The standard InChI is InChI=1S/C17H28N2O2/c1-20-11-9-18-12-16-4-3-10-19(14-16)13-15-5-7-17(21-2)8-6-15/h5-8,16,18H,3-4,9-14H2,1-2H3. The number of nitrogens with one attached hydrogen (secondary N) is 1. The third-order valence-electron chi connectivity index (χ3n) is 4.08. The highest BCUT2D eigenvalue weighted by Gasteiger charge is 2.19. The minimum Gasteiger partial charge on any atom is -0.497 e. The van der Waals surface area contributed by atoms with Crippen LogP contribution in [0.25, 0.3) is 0 Å². The predicted molar refractivity (Wildman–Crippen MR) is 85.7 cm³/mol. The van der Waals surface area contributed by atoms with Crippen LogP contribution in [0.2, 0.25) is 0 Å². The van der Waals surface area contributed by atoms with E-state index in [4.69, 9.17) is 9.47 Å². The van der Waals surface area contributed by atoms with Gasteiger partial charge in [-0.15, -0.1) is 0 Å². The first-order valence-electron chi connectivity index (χ1n) is 7.86. The average molecular weight is 292 g/mol. The Hall–Kier alpha value is -1.10. The minimum absolute atomic E-state index is 0.758. The fourth-order valence-electron chi connectivity index (χ4n) is 2.93. The molecular formula is C17H28N2O2. The van der Waals surface area contributed by atoms with Crippen molar-refractivity contribution in [2.45, 2.75) is 19.4 Å². The van der Waals surface area contributed by atoms with Crippen molar-refractivity contribution >= 4 is 0 Å². The Labute approximate surface area is 128 Å². The molecule has 0 aromatic heterocycles. The summed E-state index contributed by atoms with van der Waals surface area (Å²) in [4.78, 5) is 2.56. The maximum absolute atomic E-state index is 5.21. The molecule has 1 N–H and O–H groups in total. The van der Waals surface area contributed by atoms with E-state index in [0.717, 1.165) is 37.9 Å². The maximum atomic E-state index is 5.21. The summed E-state index contributed by atoms with van der Waals surface area (Å²) in [6, 6.07) is 8.42. The van der Waals surface area contributed by atoms with E-state index >= 15 is 0 Å². The number of benzene rings is 1. The molecule has 1 aromatic carbocycles. The van der Waals surface area contributed by atoms with Gasteiger partial charge in [0.05, 0.1) is 13.7 Å². The highest BCUT2D eigenvalue weighted by atomic mass is 16.5. The monoisotopic (exact) mass is 292 g/mol. The lowest BCUT2D eigenvalue weighted by atomic mass is 9.97. The van der Waals surface area contributed by atoms with E-state index in [1.165, 1.54) is 31.5 Å². The van der Waals surface area contributed by atoms with Gasteiger partial charge in [0.25, 0.3) is 0 Å². The number of hydrogen-bond donors (Lipinski definition) is 1. The first-order valence-corrected chi connectivity index (χ1v) is 7.86. The number of rotatable bonds is 8. The molecule has 1 fully saturated rings. The summed E-state index contributed by atoms with van der Waals surface area (Å²) < 4.78 is 10.3. The van der Waals surface area contributed by atoms with Crippen molar-refractivity contribution in [3.63, 3.8) is 0 Å². The number of likely N-dealkylation sites (tertiary alicyclic amines) is 1. The maximum Gasteiger partial charge on any atom is 0.118 e. The van der Waals surface area contributed by atoms with Crippen molar-refractivity contribution in [2.24, 2.45) is 5.92 Å². The Balaban J connectivity index is 1.75. The van der Waals surface area contributed by atoms with E-state index in [9.17, 15) is 0 Å². The fourth-order valence-corrected chi connectivity index (χ4v) is 2.93. The smallest absolute Gasteiger partial charge is 0.118 e. The molecule has 1 unspecified atom stereocenters. The molecule has 4 heteroatoms. The summed E-state index contributed by atoms with van der Waals surface area (Å²) in [5.74, 6) is 1.69. The fraction of sp³-hybridized carbons (Fsp3) is 0.647. The summed E-state index contributed by atoms with van der Waals surface area (Å²) in [5.41, 5.74) is 1.36. The number of hydrogen-bond acceptors (Lipinski definition) is 4. The van der Waals surface area contributed by atoms with Crippen LogP contribution in [0.15, 0.2) is 24.3 Å². The normalized spacial score (nSPS) is 19.6. The number of nitrogens with zero attached hydrogens (tertiary/aromatic N) is 1. The van der Waals surface area contributed by atoms with E-state index in [1.54, 1.807) is 14.2 Å². The molecule has 1 aromatic rings. The molecule has 1 atom stereocenters. The van der Waals surface area contributed by atoms with Crippen molar-refractivity contribution < 1.29 is 9.47 Å². The molecule has 0 bridgehead atoms. The lowest BCUT2D eigenvalue weighted by Gasteiger charge is -2.33. The minimum atomic E-state index is 0.758. The third kappa shape index (κ3) is 5.65. The van der Waals surface area contributed by atoms with Crippen molar-refractivity contribution in [1.29, 1.82) is 0 Å². The van der Waals surface area contributed by atoms with E-state index < -0.39 is 0 Å². The number of piperidine rings is 1. The Morgan fingerprint density at radius 1 is 1.24 bits per heavy atom. The topological polar surface area (TPSA) is 33.7 Å². The van der Waals surface area contributed by atoms with Gasteiger partial charge in [-0.2, -0.15) is 0 Å². The van der Waals surface area contributed by atoms with Gasteiger partial charge in [0.15, 0.2) is 0 Å². The summed E-state index contributed by atoms with van der Waals surface area (Å²) in [6.07, 6.45) is 2.63. The van der Waals surface area contributed by atoms with Crippen LogP contribution in [0.1, 0.15) is 18.4 Å². The summed E-state index contributed by atoms with van der Waals surface area (Å²) >= 11 is 0. The molecule has 2 rings (SSSR count). The molecule has 0 spiro atoms. The zero-order valence-electron chi connectivity index (χ0n) is 13.3. The van der Waals surface area contributed by atoms with Crippen LogP contribution < -0.4 is 10.1 Å². The van der Waals surface area contributed by atoms with Crippen LogP contribution in [0.5, 0.6) is 5.75 Å². The molecule has 0 saturated carbocycles. The van der Waals surface area contributed by atoms with Crippen LogP contribution in [0, 0.1) is 5.92 Å². The van der Waals surface area contributed by atoms with Crippen LogP contribution in [0.3, 0.4) is 0 Å². The predicted octanol–water partition coefficient (Wildman–Crippen LogP) is 2.14. The Bertz CT molecular complexity index is 394. The van der Waals surface area contributed by atoms with Gasteiger partial charge in [-0.1, -0.05) is 12.1 Å². The molecule has 1 heterocycles. The highest BCUT2D eigenvalue weighted by Crippen LogP contribution is 2.19. The first kappa shape index (κ1) is 16.3. The Kier molecular flexibility index (Phi) is 7.00. The van der Waals surface area contributed by atoms with E-state index in [1.807, 2.05) is 12.1 Å². The van der Waals surface area contributed by atoms with Gasteiger partial charge in [0, 0.05) is 26.7 Å². The quantitative estimate of drug-likeness (QED) is 0.744. The second-order valence-corrected chi connectivity index (χ2v) is 5.79. The molecule has 1 aliphatic rings. The molecule has 21 heavy (non-hydrogen) atoms.